The Morgan fingerprint density at radius 3 is 1.68 bits per heavy atom. The zero-order valence-corrected chi connectivity index (χ0v) is 28.5. The number of aromatic nitrogens is 1. The monoisotopic (exact) mass is 673 g/mol. The molecule has 0 unspecified atom stereocenters. The van der Waals surface area contributed by atoms with E-state index in [1.807, 2.05) is 0 Å². The summed E-state index contributed by atoms with van der Waals surface area (Å²) in [6.45, 7) is -0.00889. The zero-order chi connectivity index (χ0) is 34.4. The van der Waals surface area contributed by atoms with Crippen LogP contribution in [-0.2, 0) is 0 Å². The molecule has 0 bridgehead atoms. The topological polar surface area (TPSA) is 24.0 Å². The van der Waals surface area contributed by atoms with Crippen LogP contribution in [0.1, 0.15) is 0 Å². The minimum absolute atomic E-state index is 0.00889. The zero-order valence-electron chi connectivity index (χ0n) is 28.5. The molecule has 5 heteroatoms. The quantitative estimate of drug-likeness (QED) is 0.171. The number of hydrogen-bond acceptors (Lipinski definition) is 3. The average Bonchev–Trinajstić information content (AvgIpc) is 3.86. The minimum Gasteiger partial charge on any atom is -0.456 e. The molecule has 11 aromatic rings. The lowest BCUT2D eigenvalue weighted by atomic mass is 9.33. The van der Waals surface area contributed by atoms with Crippen LogP contribution in [0, 0.1) is 0 Å². The SMILES string of the molecule is c1ccc(N2c3cc4oc5ccccc5c4cc3B3c4cc5c6cccc7c8ccccc8n(c5cc4N(c4ccccc4)c4cccc2c43)c76)cc1. The summed E-state index contributed by atoms with van der Waals surface area (Å²) in [6, 6.07) is 62.2. The van der Waals surface area contributed by atoms with Crippen molar-refractivity contribution in [1.29, 1.82) is 0 Å². The smallest absolute Gasteiger partial charge is 0.252 e. The lowest BCUT2D eigenvalue weighted by Crippen LogP contribution is -2.61. The third kappa shape index (κ3) is 3.47. The number of anilines is 6. The van der Waals surface area contributed by atoms with E-state index in [1.54, 1.807) is 0 Å². The van der Waals surface area contributed by atoms with E-state index >= 15 is 0 Å². The summed E-state index contributed by atoms with van der Waals surface area (Å²) in [7, 11) is 0. The number of fused-ring (bicyclic) bond motifs is 13. The molecule has 13 rings (SSSR count). The predicted octanol–water partition coefficient (Wildman–Crippen LogP) is 10.8. The van der Waals surface area contributed by atoms with Crippen molar-refractivity contribution in [2.75, 3.05) is 9.80 Å². The molecule has 0 fully saturated rings. The maximum Gasteiger partial charge on any atom is 0.252 e. The van der Waals surface area contributed by atoms with Crippen LogP contribution in [-0.4, -0.2) is 11.1 Å². The van der Waals surface area contributed by atoms with Gasteiger partial charge in [-0.2, -0.15) is 0 Å². The third-order valence-corrected chi connectivity index (χ3v) is 11.9. The van der Waals surface area contributed by atoms with Gasteiger partial charge in [0.15, 0.2) is 0 Å². The Hall–Kier alpha value is -6.98. The maximum absolute atomic E-state index is 6.56. The maximum atomic E-state index is 6.56. The van der Waals surface area contributed by atoms with E-state index in [2.05, 4.69) is 184 Å². The van der Waals surface area contributed by atoms with Crippen LogP contribution in [0.3, 0.4) is 0 Å². The molecule has 0 spiro atoms. The Labute approximate surface area is 304 Å². The molecule has 0 saturated carbocycles. The van der Waals surface area contributed by atoms with Crippen molar-refractivity contribution in [1.82, 2.24) is 4.40 Å². The summed E-state index contributed by atoms with van der Waals surface area (Å²) in [6.07, 6.45) is 0. The molecular formula is C48H28BN3O. The highest BCUT2D eigenvalue weighted by Crippen LogP contribution is 2.47. The van der Waals surface area contributed by atoms with Crippen LogP contribution >= 0.6 is 0 Å². The molecule has 5 heterocycles. The van der Waals surface area contributed by atoms with E-state index < -0.39 is 0 Å². The third-order valence-electron chi connectivity index (χ3n) is 11.9. The average molecular weight is 674 g/mol. The molecule has 0 amide bonds. The van der Waals surface area contributed by atoms with Crippen molar-refractivity contribution in [3.05, 3.63) is 170 Å². The summed E-state index contributed by atoms with van der Waals surface area (Å²) in [4.78, 5) is 4.94. The first-order valence-corrected chi connectivity index (χ1v) is 18.3. The van der Waals surface area contributed by atoms with E-state index in [-0.39, 0.29) is 6.71 Å². The summed E-state index contributed by atoms with van der Waals surface area (Å²) >= 11 is 0. The van der Waals surface area contributed by atoms with E-state index in [1.165, 1.54) is 71.5 Å². The lowest BCUT2D eigenvalue weighted by Gasteiger charge is -2.44. The van der Waals surface area contributed by atoms with Crippen molar-refractivity contribution < 1.29 is 4.42 Å². The van der Waals surface area contributed by atoms with Crippen LogP contribution in [0.25, 0.3) is 60.0 Å². The van der Waals surface area contributed by atoms with Crippen molar-refractivity contribution in [2.45, 2.75) is 0 Å². The van der Waals surface area contributed by atoms with Crippen molar-refractivity contribution in [2.24, 2.45) is 0 Å². The Morgan fingerprint density at radius 1 is 0.377 bits per heavy atom. The number of nitrogens with zero attached hydrogens (tertiary/aromatic N) is 3. The molecule has 0 N–H and O–H groups in total. The number of benzene rings is 8. The second kappa shape index (κ2) is 9.87. The summed E-state index contributed by atoms with van der Waals surface area (Å²) in [5.74, 6) is 0. The van der Waals surface area contributed by atoms with Crippen molar-refractivity contribution in [3.8, 4) is 0 Å². The van der Waals surface area contributed by atoms with Gasteiger partial charge >= 0.3 is 0 Å². The molecule has 2 aliphatic rings. The largest absolute Gasteiger partial charge is 0.456 e. The summed E-state index contributed by atoms with van der Waals surface area (Å²) < 4.78 is 9.06. The highest BCUT2D eigenvalue weighted by atomic mass is 16.3. The van der Waals surface area contributed by atoms with Gasteiger partial charge in [-0.3, -0.25) is 0 Å². The van der Waals surface area contributed by atoms with Crippen LogP contribution in [0.15, 0.2) is 174 Å². The van der Waals surface area contributed by atoms with Gasteiger partial charge in [0.1, 0.15) is 11.2 Å². The Balaban J connectivity index is 1.21. The van der Waals surface area contributed by atoms with Crippen LogP contribution < -0.4 is 26.2 Å². The molecule has 8 aromatic carbocycles. The fourth-order valence-electron chi connectivity index (χ4n) is 9.78. The molecular weight excluding hydrogens is 645 g/mol. The first kappa shape index (κ1) is 27.7. The van der Waals surface area contributed by atoms with Crippen LogP contribution in [0.4, 0.5) is 34.1 Å². The molecule has 2 aliphatic heterocycles. The summed E-state index contributed by atoms with van der Waals surface area (Å²) in [5.41, 5.74) is 16.5. The molecule has 0 aliphatic carbocycles. The first-order chi connectivity index (χ1) is 26.3. The molecule has 0 atom stereocenters. The van der Waals surface area contributed by atoms with Crippen LogP contribution in [0.2, 0.25) is 0 Å². The van der Waals surface area contributed by atoms with Gasteiger partial charge in [0, 0.05) is 72.5 Å². The Bertz CT molecular complexity index is 3310. The van der Waals surface area contributed by atoms with E-state index in [9.17, 15) is 0 Å². The van der Waals surface area contributed by atoms with Gasteiger partial charge in [0.2, 0.25) is 0 Å². The van der Waals surface area contributed by atoms with Gasteiger partial charge in [-0.25, -0.2) is 0 Å². The predicted molar refractivity (Wildman–Crippen MR) is 222 cm³/mol. The summed E-state index contributed by atoms with van der Waals surface area (Å²) in [5, 5.41) is 7.46. The van der Waals surface area contributed by atoms with E-state index in [0.717, 1.165) is 39.0 Å². The molecule has 0 radical (unpaired) electrons. The van der Waals surface area contributed by atoms with Crippen LogP contribution in [0.5, 0.6) is 0 Å². The lowest BCUT2D eigenvalue weighted by molar-refractivity contribution is 0.669. The fraction of sp³-hybridized carbons (Fsp3) is 0. The second-order valence-corrected chi connectivity index (χ2v) is 14.5. The second-order valence-electron chi connectivity index (χ2n) is 14.5. The number of rotatable bonds is 2. The van der Waals surface area contributed by atoms with Gasteiger partial charge in [-0.1, -0.05) is 109 Å². The standard InChI is InChI=1S/C48H28BN3O/c1-3-13-29(14-4-1)50-40-22-12-23-41-47(40)49(37-25-35-34-20-11-19-33-31-17-7-9-21-39(31)52(48(33)34)42(35)27-43(37)50)38-26-36-32-18-8-10-24-45(32)53-46(36)28-44(38)51(41)30-15-5-2-6-16-30/h1-28H. The van der Waals surface area contributed by atoms with Crippen molar-refractivity contribution >= 4 is 117 Å². The van der Waals surface area contributed by atoms with Crippen molar-refractivity contribution in [3.63, 3.8) is 0 Å². The molecule has 244 valence electrons. The van der Waals surface area contributed by atoms with Gasteiger partial charge in [-0.15, -0.1) is 0 Å². The van der Waals surface area contributed by atoms with E-state index in [4.69, 9.17) is 4.42 Å². The van der Waals surface area contributed by atoms with Gasteiger partial charge in [0.25, 0.3) is 6.71 Å². The van der Waals surface area contributed by atoms with Gasteiger partial charge in [0.05, 0.1) is 16.6 Å². The van der Waals surface area contributed by atoms with Gasteiger partial charge < -0.3 is 18.6 Å². The van der Waals surface area contributed by atoms with Gasteiger partial charge in [-0.05, 0) is 71.0 Å². The number of hydrogen-bond donors (Lipinski definition) is 0. The Morgan fingerprint density at radius 2 is 0.943 bits per heavy atom. The normalized spacial score (nSPS) is 13.5. The molecule has 4 nitrogen and oxygen atoms in total. The molecule has 0 saturated heterocycles. The Kier molecular flexibility index (Phi) is 5.16. The van der Waals surface area contributed by atoms with E-state index in [0.29, 0.717) is 0 Å². The molecule has 3 aromatic heterocycles. The fourth-order valence-corrected chi connectivity index (χ4v) is 9.78. The molecule has 53 heavy (non-hydrogen) atoms. The first-order valence-electron chi connectivity index (χ1n) is 18.3. The highest BCUT2D eigenvalue weighted by Gasteiger charge is 2.44. The number of para-hydroxylation sites is 5. The minimum atomic E-state index is -0.00889. The number of furan rings is 1. The highest BCUT2D eigenvalue weighted by molar-refractivity contribution is 7.00.